The molecule has 3 heteroatoms. The SMILES string of the molecule is OC[C@@H](O)COc1cccc2c1CCCC2. The summed E-state index contributed by atoms with van der Waals surface area (Å²) in [4.78, 5) is 0. The first-order valence-electron chi connectivity index (χ1n) is 5.83. The molecule has 0 amide bonds. The van der Waals surface area contributed by atoms with Gasteiger partial charge >= 0.3 is 0 Å². The smallest absolute Gasteiger partial charge is 0.122 e. The van der Waals surface area contributed by atoms with E-state index in [0.29, 0.717) is 0 Å². The summed E-state index contributed by atoms with van der Waals surface area (Å²) in [6.45, 7) is -0.0953. The van der Waals surface area contributed by atoms with Gasteiger partial charge in [-0.15, -0.1) is 0 Å². The third-order valence-electron chi connectivity index (χ3n) is 2.99. The lowest BCUT2D eigenvalue weighted by Crippen LogP contribution is -2.22. The first kappa shape index (κ1) is 11.4. The monoisotopic (exact) mass is 222 g/mol. The van der Waals surface area contributed by atoms with Crippen LogP contribution in [0.2, 0.25) is 0 Å². The van der Waals surface area contributed by atoms with Gasteiger partial charge in [-0.3, -0.25) is 0 Å². The highest BCUT2D eigenvalue weighted by molar-refractivity contribution is 5.41. The minimum absolute atomic E-state index is 0.160. The summed E-state index contributed by atoms with van der Waals surface area (Å²) in [5.41, 5.74) is 2.64. The third kappa shape index (κ3) is 2.54. The molecular formula is C13H18O3. The van der Waals surface area contributed by atoms with Gasteiger partial charge in [0.15, 0.2) is 0 Å². The minimum atomic E-state index is -0.792. The van der Waals surface area contributed by atoms with Crippen molar-refractivity contribution >= 4 is 0 Å². The zero-order valence-electron chi connectivity index (χ0n) is 9.35. The van der Waals surface area contributed by atoms with E-state index in [0.717, 1.165) is 18.6 Å². The molecule has 2 N–H and O–H groups in total. The maximum Gasteiger partial charge on any atom is 0.122 e. The highest BCUT2D eigenvalue weighted by atomic mass is 16.5. The number of ether oxygens (including phenoxy) is 1. The highest BCUT2D eigenvalue weighted by Crippen LogP contribution is 2.29. The van der Waals surface area contributed by atoms with E-state index in [9.17, 15) is 5.11 Å². The first-order chi connectivity index (χ1) is 7.81. The van der Waals surface area contributed by atoms with E-state index in [1.165, 1.54) is 24.0 Å². The number of hydrogen-bond acceptors (Lipinski definition) is 3. The average molecular weight is 222 g/mol. The Bertz CT molecular complexity index is 349. The number of benzene rings is 1. The van der Waals surface area contributed by atoms with Crippen molar-refractivity contribution in [3.63, 3.8) is 0 Å². The summed E-state index contributed by atoms with van der Waals surface area (Å²) >= 11 is 0. The second kappa shape index (κ2) is 5.32. The van der Waals surface area contributed by atoms with Gasteiger partial charge in [-0.25, -0.2) is 0 Å². The molecule has 0 aliphatic heterocycles. The van der Waals surface area contributed by atoms with Crippen LogP contribution in [-0.2, 0) is 12.8 Å². The fourth-order valence-electron chi connectivity index (χ4n) is 2.12. The van der Waals surface area contributed by atoms with Crippen LogP contribution >= 0.6 is 0 Å². The van der Waals surface area contributed by atoms with E-state index in [1.807, 2.05) is 12.1 Å². The molecule has 2 rings (SSSR count). The molecule has 0 bridgehead atoms. The van der Waals surface area contributed by atoms with Gasteiger partial charge in [0.25, 0.3) is 0 Å². The van der Waals surface area contributed by atoms with Crippen LogP contribution in [0.15, 0.2) is 18.2 Å². The molecule has 88 valence electrons. The quantitative estimate of drug-likeness (QED) is 0.807. The van der Waals surface area contributed by atoms with Crippen molar-refractivity contribution < 1.29 is 14.9 Å². The molecule has 1 aromatic carbocycles. The largest absolute Gasteiger partial charge is 0.491 e. The molecule has 0 unspecified atom stereocenters. The highest BCUT2D eigenvalue weighted by Gasteiger charge is 2.14. The first-order valence-corrected chi connectivity index (χ1v) is 5.83. The summed E-state index contributed by atoms with van der Waals surface area (Å²) in [7, 11) is 0. The Kier molecular flexibility index (Phi) is 3.80. The van der Waals surface area contributed by atoms with Crippen molar-refractivity contribution in [3.8, 4) is 5.75 Å². The third-order valence-corrected chi connectivity index (χ3v) is 2.99. The van der Waals surface area contributed by atoms with E-state index < -0.39 is 6.10 Å². The topological polar surface area (TPSA) is 49.7 Å². The van der Waals surface area contributed by atoms with Gasteiger partial charge in [0.2, 0.25) is 0 Å². The van der Waals surface area contributed by atoms with Gasteiger partial charge in [0, 0.05) is 0 Å². The van der Waals surface area contributed by atoms with Crippen molar-refractivity contribution in [2.24, 2.45) is 0 Å². The Labute approximate surface area is 95.7 Å². The summed E-state index contributed by atoms with van der Waals surface area (Å²) in [5.74, 6) is 0.865. The molecular weight excluding hydrogens is 204 g/mol. The molecule has 0 heterocycles. The Balaban J connectivity index is 2.08. The molecule has 0 radical (unpaired) electrons. The van der Waals surface area contributed by atoms with Crippen molar-refractivity contribution in [3.05, 3.63) is 29.3 Å². The fraction of sp³-hybridized carbons (Fsp3) is 0.538. The van der Waals surface area contributed by atoms with Crippen LogP contribution in [0.25, 0.3) is 0 Å². The molecule has 0 aromatic heterocycles. The number of rotatable bonds is 4. The standard InChI is InChI=1S/C13H18O3/c14-8-11(15)9-16-13-7-3-5-10-4-1-2-6-12(10)13/h3,5,7,11,14-15H,1-2,4,6,8-9H2/t11-/m1/s1. The summed E-state index contributed by atoms with van der Waals surface area (Å²) in [5, 5.41) is 18.0. The number of aryl methyl sites for hydroxylation is 1. The van der Waals surface area contributed by atoms with Gasteiger partial charge in [-0.1, -0.05) is 12.1 Å². The number of aliphatic hydroxyl groups is 2. The molecule has 1 atom stereocenters. The molecule has 0 saturated carbocycles. The predicted molar refractivity (Wildman–Crippen MR) is 61.7 cm³/mol. The number of aliphatic hydroxyl groups excluding tert-OH is 2. The molecule has 0 spiro atoms. The van der Waals surface area contributed by atoms with Crippen molar-refractivity contribution in [2.75, 3.05) is 13.2 Å². The fourth-order valence-corrected chi connectivity index (χ4v) is 2.12. The molecule has 1 aliphatic rings. The molecule has 3 nitrogen and oxygen atoms in total. The predicted octanol–water partition coefficient (Wildman–Crippen LogP) is 1.30. The van der Waals surface area contributed by atoms with E-state index in [4.69, 9.17) is 9.84 Å². The van der Waals surface area contributed by atoms with Crippen LogP contribution in [0.3, 0.4) is 0 Å². The molecule has 16 heavy (non-hydrogen) atoms. The lowest BCUT2D eigenvalue weighted by Gasteiger charge is -2.20. The van der Waals surface area contributed by atoms with E-state index in [-0.39, 0.29) is 13.2 Å². The Morgan fingerprint density at radius 1 is 1.25 bits per heavy atom. The zero-order chi connectivity index (χ0) is 11.4. The van der Waals surface area contributed by atoms with Crippen LogP contribution in [0.5, 0.6) is 5.75 Å². The summed E-state index contributed by atoms with van der Waals surface area (Å²) < 4.78 is 5.55. The normalized spacial score (nSPS) is 16.6. The van der Waals surface area contributed by atoms with E-state index >= 15 is 0 Å². The van der Waals surface area contributed by atoms with Gasteiger partial charge in [0.1, 0.15) is 18.5 Å². The Morgan fingerprint density at radius 2 is 2.06 bits per heavy atom. The van der Waals surface area contributed by atoms with Gasteiger partial charge in [0.05, 0.1) is 6.61 Å². The lowest BCUT2D eigenvalue weighted by molar-refractivity contribution is 0.0532. The maximum atomic E-state index is 9.25. The second-order valence-electron chi connectivity index (χ2n) is 4.25. The Hall–Kier alpha value is -1.06. The van der Waals surface area contributed by atoms with E-state index in [2.05, 4.69) is 6.07 Å². The van der Waals surface area contributed by atoms with Crippen molar-refractivity contribution in [2.45, 2.75) is 31.8 Å². The average Bonchev–Trinajstić information content (AvgIpc) is 2.35. The van der Waals surface area contributed by atoms with Gasteiger partial charge < -0.3 is 14.9 Å². The maximum absolute atomic E-state index is 9.25. The molecule has 0 saturated heterocycles. The van der Waals surface area contributed by atoms with Crippen molar-refractivity contribution in [1.82, 2.24) is 0 Å². The molecule has 1 aliphatic carbocycles. The molecule has 0 fully saturated rings. The number of hydrogen-bond donors (Lipinski definition) is 2. The van der Waals surface area contributed by atoms with Crippen LogP contribution in [0, 0.1) is 0 Å². The van der Waals surface area contributed by atoms with Gasteiger partial charge in [-0.2, -0.15) is 0 Å². The summed E-state index contributed by atoms with van der Waals surface area (Å²) in [6, 6.07) is 6.07. The zero-order valence-corrected chi connectivity index (χ0v) is 9.35. The summed E-state index contributed by atoms with van der Waals surface area (Å²) in [6.07, 6.45) is 3.83. The minimum Gasteiger partial charge on any atom is -0.491 e. The van der Waals surface area contributed by atoms with Crippen LogP contribution in [-0.4, -0.2) is 29.5 Å². The van der Waals surface area contributed by atoms with Crippen molar-refractivity contribution in [1.29, 1.82) is 0 Å². The van der Waals surface area contributed by atoms with Gasteiger partial charge in [-0.05, 0) is 42.9 Å². The Morgan fingerprint density at radius 3 is 2.88 bits per heavy atom. The van der Waals surface area contributed by atoms with Crippen LogP contribution < -0.4 is 4.74 Å². The van der Waals surface area contributed by atoms with Crippen LogP contribution in [0.1, 0.15) is 24.0 Å². The van der Waals surface area contributed by atoms with E-state index in [1.54, 1.807) is 0 Å². The number of fused-ring (bicyclic) bond motifs is 1. The van der Waals surface area contributed by atoms with Crippen LogP contribution in [0.4, 0.5) is 0 Å². The lowest BCUT2D eigenvalue weighted by atomic mass is 9.91. The molecule has 1 aromatic rings. The second-order valence-corrected chi connectivity index (χ2v) is 4.25.